The van der Waals surface area contributed by atoms with Gasteiger partial charge in [0.05, 0.1) is 13.1 Å². The van der Waals surface area contributed by atoms with Crippen molar-refractivity contribution in [2.45, 2.75) is 38.5 Å². The Kier molecular flexibility index (Phi) is 4.06. The SMILES string of the molecule is CCNc1nnc(CN(CC(F)(F)F)C2CC2)s1. The van der Waals surface area contributed by atoms with Gasteiger partial charge in [0.1, 0.15) is 5.01 Å². The van der Waals surface area contributed by atoms with E-state index >= 15 is 0 Å². The summed E-state index contributed by atoms with van der Waals surface area (Å²) in [5.41, 5.74) is 0. The van der Waals surface area contributed by atoms with Gasteiger partial charge in [0.15, 0.2) is 0 Å². The van der Waals surface area contributed by atoms with Crippen LogP contribution >= 0.6 is 11.3 Å². The van der Waals surface area contributed by atoms with Crippen molar-refractivity contribution in [3.63, 3.8) is 0 Å². The number of nitrogens with one attached hydrogen (secondary N) is 1. The Labute approximate surface area is 107 Å². The van der Waals surface area contributed by atoms with Gasteiger partial charge in [-0.3, -0.25) is 4.90 Å². The number of aromatic nitrogens is 2. The first-order valence-corrected chi connectivity index (χ1v) is 6.66. The van der Waals surface area contributed by atoms with Crippen LogP contribution < -0.4 is 5.32 Å². The van der Waals surface area contributed by atoms with Crippen LogP contribution in [0.2, 0.25) is 0 Å². The van der Waals surface area contributed by atoms with Gasteiger partial charge in [-0.15, -0.1) is 10.2 Å². The van der Waals surface area contributed by atoms with Crippen LogP contribution in [0.25, 0.3) is 0 Å². The molecule has 8 heteroatoms. The molecule has 0 atom stereocenters. The van der Waals surface area contributed by atoms with Gasteiger partial charge in [-0.05, 0) is 19.8 Å². The van der Waals surface area contributed by atoms with Gasteiger partial charge in [-0.1, -0.05) is 11.3 Å². The maximum atomic E-state index is 12.4. The molecule has 4 nitrogen and oxygen atoms in total. The molecule has 1 aromatic heterocycles. The first-order valence-electron chi connectivity index (χ1n) is 5.85. The number of anilines is 1. The monoisotopic (exact) mass is 280 g/mol. The van der Waals surface area contributed by atoms with Gasteiger partial charge in [-0.25, -0.2) is 0 Å². The fraction of sp³-hybridized carbons (Fsp3) is 0.800. The zero-order chi connectivity index (χ0) is 13.2. The molecule has 0 aromatic carbocycles. The van der Waals surface area contributed by atoms with E-state index in [1.54, 1.807) is 0 Å². The Morgan fingerprint density at radius 1 is 1.39 bits per heavy atom. The maximum absolute atomic E-state index is 12.4. The third kappa shape index (κ3) is 4.09. The molecule has 0 amide bonds. The second-order valence-corrected chi connectivity index (χ2v) is 5.34. The lowest BCUT2D eigenvalue weighted by Gasteiger charge is -2.21. The van der Waals surface area contributed by atoms with E-state index in [2.05, 4.69) is 15.5 Å². The Hall–Kier alpha value is -0.890. The van der Waals surface area contributed by atoms with Gasteiger partial charge >= 0.3 is 6.18 Å². The van der Waals surface area contributed by atoms with Gasteiger partial charge < -0.3 is 5.32 Å². The second-order valence-electron chi connectivity index (χ2n) is 4.28. The summed E-state index contributed by atoms with van der Waals surface area (Å²) >= 11 is 1.31. The van der Waals surface area contributed by atoms with Gasteiger partial charge in [0, 0.05) is 12.6 Å². The fourth-order valence-electron chi connectivity index (χ4n) is 1.70. The zero-order valence-electron chi connectivity index (χ0n) is 10.00. The van der Waals surface area contributed by atoms with Crippen molar-refractivity contribution in [2.75, 3.05) is 18.4 Å². The van der Waals surface area contributed by atoms with E-state index in [9.17, 15) is 13.2 Å². The lowest BCUT2D eigenvalue weighted by molar-refractivity contribution is -0.148. The number of rotatable bonds is 6. The van der Waals surface area contributed by atoms with Crippen LogP contribution in [-0.4, -0.2) is 40.4 Å². The third-order valence-electron chi connectivity index (χ3n) is 2.58. The predicted octanol–water partition coefficient (Wildman–Crippen LogP) is 2.50. The van der Waals surface area contributed by atoms with Crippen molar-refractivity contribution >= 4 is 16.5 Å². The molecule has 1 aliphatic rings. The van der Waals surface area contributed by atoms with Crippen LogP contribution in [0.3, 0.4) is 0 Å². The van der Waals surface area contributed by atoms with Gasteiger partial charge in [0.2, 0.25) is 5.13 Å². The topological polar surface area (TPSA) is 41.1 Å². The van der Waals surface area contributed by atoms with Crippen LogP contribution in [0.15, 0.2) is 0 Å². The minimum atomic E-state index is -4.15. The second kappa shape index (κ2) is 5.40. The van der Waals surface area contributed by atoms with Crippen molar-refractivity contribution in [3.05, 3.63) is 5.01 Å². The molecule has 1 aliphatic carbocycles. The Morgan fingerprint density at radius 2 is 2.11 bits per heavy atom. The number of alkyl halides is 3. The fourth-order valence-corrected chi connectivity index (χ4v) is 2.53. The van der Waals surface area contributed by atoms with Gasteiger partial charge in [-0.2, -0.15) is 13.2 Å². The molecule has 1 heterocycles. The molecule has 0 bridgehead atoms. The quantitative estimate of drug-likeness (QED) is 0.869. The van der Waals surface area contributed by atoms with Crippen molar-refractivity contribution in [2.24, 2.45) is 0 Å². The summed E-state index contributed by atoms with van der Waals surface area (Å²) in [4.78, 5) is 1.44. The first-order chi connectivity index (χ1) is 8.48. The van der Waals surface area contributed by atoms with E-state index in [1.807, 2.05) is 6.92 Å². The molecular formula is C10H15F3N4S. The summed E-state index contributed by atoms with van der Waals surface area (Å²) in [5.74, 6) is 0. The first kappa shape index (κ1) is 13.5. The molecule has 0 aliphatic heterocycles. The zero-order valence-corrected chi connectivity index (χ0v) is 10.8. The molecule has 0 saturated heterocycles. The average Bonchev–Trinajstić information content (AvgIpc) is 3.00. The minimum absolute atomic E-state index is 0.0538. The summed E-state index contributed by atoms with van der Waals surface area (Å²) in [7, 11) is 0. The Morgan fingerprint density at radius 3 is 2.67 bits per heavy atom. The molecule has 1 N–H and O–H groups in total. The van der Waals surface area contributed by atoms with E-state index in [0.29, 0.717) is 10.1 Å². The third-order valence-corrected chi connectivity index (χ3v) is 3.44. The van der Waals surface area contributed by atoms with E-state index in [4.69, 9.17) is 0 Å². The summed E-state index contributed by atoms with van der Waals surface area (Å²) in [6, 6.07) is 0.0538. The number of hydrogen-bond acceptors (Lipinski definition) is 5. The molecule has 2 rings (SSSR count). The Balaban J connectivity index is 1.95. The van der Waals surface area contributed by atoms with E-state index < -0.39 is 12.7 Å². The van der Waals surface area contributed by atoms with E-state index in [-0.39, 0.29) is 12.6 Å². The highest BCUT2D eigenvalue weighted by atomic mass is 32.1. The number of hydrogen-bond donors (Lipinski definition) is 1. The molecule has 102 valence electrons. The lowest BCUT2D eigenvalue weighted by Crippen LogP contribution is -2.35. The standard InChI is InChI=1S/C10H15F3N4S/c1-2-14-9-16-15-8(18-9)5-17(7-3-4-7)6-10(11,12)13/h7H,2-6H2,1H3,(H,14,16). The molecule has 18 heavy (non-hydrogen) atoms. The van der Waals surface area contributed by atoms with Crippen LogP contribution in [0, 0.1) is 0 Å². The number of halogens is 3. The Bertz CT molecular complexity index is 389. The molecule has 0 radical (unpaired) electrons. The molecule has 0 unspecified atom stereocenters. The predicted molar refractivity (Wildman–Crippen MR) is 63.6 cm³/mol. The largest absolute Gasteiger partial charge is 0.401 e. The summed E-state index contributed by atoms with van der Waals surface area (Å²) in [6.07, 6.45) is -2.47. The normalized spacial score (nSPS) is 16.3. The highest BCUT2D eigenvalue weighted by Gasteiger charge is 2.38. The lowest BCUT2D eigenvalue weighted by atomic mass is 10.4. The summed E-state index contributed by atoms with van der Waals surface area (Å²) < 4.78 is 37.3. The summed E-state index contributed by atoms with van der Waals surface area (Å²) in [6.45, 7) is 2.02. The highest BCUT2D eigenvalue weighted by Crippen LogP contribution is 2.32. The number of nitrogens with zero attached hydrogens (tertiary/aromatic N) is 3. The summed E-state index contributed by atoms with van der Waals surface area (Å²) in [5, 5.41) is 12.1. The molecule has 1 aromatic rings. The molecular weight excluding hydrogens is 265 g/mol. The van der Waals surface area contributed by atoms with Gasteiger partial charge in [0.25, 0.3) is 0 Å². The maximum Gasteiger partial charge on any atom is 0.401 e. The average molecular weight is 280 g/mol. The van der Waals surface area contributed by atoms with E-state index in [1.165, 1.54) is 16.2 Å². The van der Waals surface area contributed by atoms with Crippen molar-refractivity contribution in [1.29, 1.82) is 0 Å². The van der Waals surface area contributed by atoms with Crippen LogP contribution in [-0.2, 0) is 6.54 Å². The van der Waals surface area contributed by atoms with Crippen molar-refractivity contribution < 1.29 is 13.2 Å². The molecule has 1 fully saturated rings. The molecule has 0 spiro atoms. The van der Waals surface area contributed by atoms with Crippen molar-refractivity contribution in [3.8, 4) is 0 Å². The molecule has 1 saturated carbocycles. The smallest absolute Gasteiger partial charge is 0.360 e. The van der Waals surface area contributed by atoms with Crippen LogP contribution in [0.4, 0.5) is 18.3 Å². The van der Waals surface area contributed by atoms with E-state index in [0.717, 1.165) is 19.4 Å². The highest BCUT2D eigenvalue weighted by molar-refractivity contribution is 7.15. The van der Waals surface area contributed by atoms with Crippen molar-refractivity contribution in [1.82, 2.24) is 15.1 Å². The van der Waals surface area contributed by atoms with Crippen LogP contribution in [0.1, 0.15) is 24.8 Å². The minimum Gasteiger partial charge on any atom is -0.360 e. The van der Waals surface area contributed by atoms with Crippen LogP contribution in [0.5, 0.6) is 0 Å².